The highest BCUT2D eigenvalue weighted by atomic mass is 32.2. The van der Waals surface area contributed by atoms with Crippen LogP contribution >= 0.6 is 11.8 Å². The predicted octanol–water partition coefficient (Wildman–Crippen LogP) is 2.31. The Labute approximate surface area is 88.0 Å². The number of nitrogens with one attached hydrogen (secondary N) is 1. The number of amides is 2. The summed E-state index contributed by atoms with van der Waals surface area (Å²) in [6.07, 6.45) is 4.84. The molecule has 2 amide bonds. The molecule has 0 aromatic carbocycles. The Morgan fingerprint density at radius 2 is 2.00 bits per heavy atom. The van der Waals surface area contributed by atoms with Gasteiger partial charge in [0.2, 0.25) is 5.91 Å². The van der Waals surface area contributed by atoms with Crippen molar-refractivity contribution in [2.24, 2.45) is 5.92 Å². The third-order valence-electron chi connectivity index (χ3n) is 3.22. The van der Waals surface area contributed by atoms with Gasteiger partial charge in [-0.1, -0.05) is 18.7 Å². The van der Waals surface area contributed by atoms with Crippen LogP contribution in [0.15, 0.2) is 0 Å². The summed E-state index contributed by atoms with van der Waals surface area (Å²) in [6.45, 7) is 2.24. The maximum absolute atomic E-state index is 11.3. The topological polar surface area (TPSA) is 46.2 Å². The lowest BCUT2D eigenvalue weighted by Gasteiger charge is -2.39. The summed E-state index contributed by atoms with van der Waals surface area (Å²) in [4.78, 5) is 22.5. The smallest absolute Gasteiger partial charge is 0.286 e. The molecule has 0 aromatic heterocycles. The normalized spacial score (nSPS) is 38.5. The van der Waals surface area contributed by atoms with E-state index < -0.39 is 0 Å². The van der Waals surface area contributed by atoms with E-state index in [0.717, 1.165) is 31.6 Å². The molecule has 4 heteroatoms. The van der Waals surface area contributed by atoms with Crippen molar-refractivity contribution in [2.75, 3.05) is 0 Å². The van der Waals surface area contributed by atoms with E-state index >= 15 is 0 Å². The van der Waals surface area contributed by atoms with Crippen LogP contribution in [0.1, 0.15) is 39.0 Å². The second-order valence-corrected chi connectivity index (χ2v) is 5.92. The summed E-state index contributed by atoms with van der Waals surface area (Å²) >= 11 is 1.34. The molecule has 78 valence electrons. The molecule has 1 spiro atoms. The fourth-order valence-electron chi connectivity index (χ4n) is 2.28. The molecule has 1 saturated heterocycles. The van der Waals surface area contributed by atoms with Gasteiger partial charge >= 0.3 is 0 Å². The molecule has 1 saturated carbocycles. The van der Waals surface area contributed by atoms with Gasteiger partial charge in [-0.05, 0) is 31.6 Å². The van der Waals surface area contributed by atoms with Crippen molar-refractivity contribution in [3.05, 3.63) is 0 Å². The molecule has 2 rings (SSSR count). The van der Waals surface area contributed by atoms with E-state index in [1.54, 1.807) is 0 Å². The van der Waals surface area contributed by atoms with Gasteiger partial charge in [-0.2, -0.15) is 0 Å². The highest BCUT2D eigenvalue weighted by molar-refractivity contribution is 8.14. The number of carbonyl (C=O) groups excluding carboxylic acids is 2. The maximum atomic E-state index is 11.3. The first-order valence-corrected chi connectivity index (χ1v) is 5.94. The first kappa shape index (κ1) is 10.0. The van der Waals surface area contributed by atoms with Crippen LogP contribution in [0.5, 0.6) is 0 Å². The Bertz CT molecular complexity index is 251. The SMILES string of the molecule is CC1CCC2(CC1)CC(=O)NC(=O)S2. The Morgan fingerprint density at radius 1 is 1.36 bits per heavy atom. The van der Waals surface area contributed by atoms with Gasteiger partial charge in [0.25, 0.3) is 5.24 Å². The molecule has 0 bridgehead atoms. The summed E-state index contributed by atoms with van der Waals surface area (Å²) in [5.74, 6) is 0.657. The van der Waals surface area contributed by atoms with Crippen molar-refractivity contribution in [1.29, 1.82) is 0 Å². The van der Waals surface area contributed by atoms with E-state index in [0.29, 0.717) is 6.42 Å². The van der Waals surface area contributed by atoms with Gasteiger partial charge in [0.15, 0.2) is 0 Å². The molecule has 0 atom stereocenters. The van der Waals surface area contributed by atoms with Crippen LogP contribution in [-0.2, 0) is 4.79 Å². The van der Waals surface area contributed by atoms with E-state index in [4.69, 9.17) is 0 Å². The molecule has 2 aliphatic rings. The zero-order chi connectivity index (χ0) is 10.2. The molecule has 1 N–H and O–H groups in total. The van der Waals surface area contributed by atoms with Crippen LogP contribution in [0.25, 0.3) is 0 Å². The van der Waals surface area contributed by atoms with Gasteiger partial charge in [-0.15, -0.1) is 0 Å². The molecule has 1 aliphatic carbocycles. The molecular formula is C10H15NO2S. The standard InChI is InChI=1S/C10H15NO2S/c1-7-2-4-10(5-3-7)6-8(12)11-9(13)14-10/h7H,2-6H2,1H3,(H,11,12,13). The summed E-state index contributed by atoms with van der Waals surface area (Å²) in [5, 5.41) is 2.19. The number of hydrogen-bond donors (Lipinski definition) is 1. The minimum Gasteiger partial charge on any atom is -0.287 e. The molecule has 0 unspecified atom stereocenters. The molecule has 14 heavy (non-hydrogen) atoms. The Hall–Kier alpha value is -0.510. The lowest BCUT2D eigenvalue weighted by atomic mass is 9.80. The van der Waals surface area contributed by atoms with Crippen molar-refractivity contribution in [1.82, 2.24) is 5.32 Å². The zero-order valence-corrected chi connectivity index (χ0v) is 9.15. The van der Waals surface area contributed by atoms with Crippen molar-refractivity contribution in [2.45, 2.75) is 43.8 Å². The van der Waals surface area contributed by atoms with E-state index in [-0.39, 0.29) is 15.9 Å². The number of hydrogen-bond acceptors (Lipinski definition) is 3. The van der Waals surface area contributed by atoms with Gasteiger partial charge in [0.05, 0.1) is 0 Å². The maximum Gasteiger partial charge on any atom is 0.286 e. The molecule has 0 radical (unpaired) electrons. The van der Waals surface area contributed by atoms with E-state index in [2.05, 4.69) is 12.2 Å². The lowest BCUT2D eigenvalue weighted by Crippen LogP contribution is -2.45. The monoisotopic (exact) mass is 213 g/mol. The molecule has 2 fully saturated rings. The predicted molar refractivity (Wildman–Crippen MR) is 56.1 cm³/mol. The third kappa shape index (κ3) is 1.95. The number of imide groups is 1. The van der Waals surface area contributed by atoms with Crippen LogP contribution in [0.2, 0.25) is 0 Å². The summed E-state index contributed by atoms with van der Waals surface area (Å²) in [6, 6.07) is 0. The highest BCUT2D eigenvalue weighted by Crippen LogP contribution is 2.46. The minimum absolute atomic E-state index is 0.0636. The second kappa shape index (κ2) is 3.57. The van der Waals surface area contributed by atoms with Crippen LogP contribution in [0.4, 0.5) is 4.79 Å². The Morgan fingerprint density at radius 3 is 2.57 bits per heavy atom. The van der Waals surface area contributed by atoms with Gasteiger partial charge < -0.3 is 0 Å². The number of carbonyl (C=O) groups is 2. The zero-order valence-electron chi connectivity index (χ0n) is 8.34. The summed E-state index contributed by atoms with van der Waals surface area (Å²) in [5.41, 5.74) is 0. The van der Waals surface area contributed by atoms with E-state index in [1.165, 1.54) is 11.8 Å². The molecule has 1 heterocycles. The minimum atomic E-state index is -0.157. The fourth-order valence-corrected chi connectivity index (χ4v) is 3.48. The van der Waals surface area contributed by atoms with Crippen LogP contribution in [0.3, 0.4) is 0 Å². The third-order valence-corrected chi connectivity index (χ3v) is 4.49. The van der Waals surface area contributed by atoms with Crippen LogP contribution < -0.4 is 5.32 Å². The lowest BCUT2D eigenvalue weighted by molar-refractivity contribution is -0.120. The quantitative estimate of drug-likeness (QED) is 0.671. The Kier molecular flexibility index (Phi) is 2.56. The molecule has 0 aromatic rings. The van der Waals surface area contributed by atoms with Crippen molar-refractivity contribution < 1.29 is 9.59 Å². The van der Waals surface area contributed by atoms with Crippen LogP contribution in [-0.4, -0.2) is 15.9 Å². The van der Waals surface area contributed by atoms with Crippen molar-refractivity contribution in [3.63, 3.8) is 0 Å². The largest absolute Gasteiger partial charge is 0.287 e. The van der Waals surface area contributed by atoms with Gasteiger partial charge in [0.1, 0.15) is 0 Å². The number of thioether (sulfide) groups is 1. The number of rotatable bonds is 0. The molecule has 1 aliphatic heterocycles. The van der Waals surface area contributed by atoms with Gasteiger partial charge in [0, 0.05) is 11.2 Å². The molecular weight excluding hydrogens is 198 g/mol. The average molecular weight is 213 g/mol. The first-order chi connectivity index (χ1) is 6.60. The first-order valence-electron chi connectivity index (χ1n) is 5.12. The summed E-state index contributed by atoms with van der Waals surface area (Å²) < 4.78 is -0.0636. The van der Waals surface area contributed by atoms with Gasteiger partial charge in [-0.25, -0.2) is 0 Å². The van der Waals surface area contributed by atoms with Gasteiger partial charge in [-0.3, -0.25) is 14.9 Å². The van der Waals surface area contributed by atoms with E-state index in [1.807, 2.05) is 0 Å². The van der Waals surface area contributed by atoms with Crippen molar-refractivity contribution >= 4 is 22.9 Å². The molecule has 3 nitrogen and oxygen atoms in total. The second-order valence-electron chi connectivity index (χ2n) is 4.48. The van der Waals surface area contributed by atoms with Crippen molar-refractivity contribution in [3.8, 4) is 0 Å². The highest BCUT2D eigenvalue weighted by Gasteiger charge is 2.42. The Balaban J connectivity index is 2.07. The average Bonchev–Trinajstić information content (AvgIpc) is 2.09. The fraction of sp³-hybridized carbons (Fsp3) is 0.800. The summed E-state index contributed by atoms with van der Waals surface area (Å²) in [7, 11) is 0. The van der Waals surface area contributed by atoms with E-state index in [9.17, 15) is 9.59 Å². The van der Waals surface area contributed by atoms with Crippen LogP contribution in [0, 0.1) is 5.92 Å².